The van der Waals surface area contributed by atoms with E-state index in [1.165, 1.54) is 0 Å². The van der Waals surface area contributed by atoms with Crippen molar-refractivity contribution in [2.45, 2.75) is 12.5 Å². The molecule has 0 saturated carbocycles. The minimum atomic E-state index is -0.131. The number of ether oxygens (including phenoxy) is 1. The quantitative estimate of drug-likeness (QED) is 0.729. The monoisotopic (exact) mass is 341 g/mol. The first-order valence-electron chi connectivity index (χ1n) is 7.67. The van der Waals surface area contributed by atoms with Gasteiger partial charge in [-0.2, -0.15) is 0 Å². The fourth-order valence-corrected chi connectivity index (χ4v) is 3.34. The highest BCUT2D eigenvalue weighted by molar-refractivity contribution is 7.13. The maximum atomic E-state index is 12.6. The molecule has 4 rings (SSSR count). The van der Waals surface area contributed by atoms with Crippen molar-refractivity contribution in [3.05, 3.63) is 53.7 Å². The standard InChI is InChI=1S/C17H15N3O3S/c21-17(13-10-14(23-19-13)15-4-3-9-24-15)20-8-6-12(11-20)22-16-5-1-2-7-18-16/h1-5,7,9-10,12H,6,8,11H2. The van der Waals surface area contributed by atoms with E-state index in [2.05, 4.69) is 10.1 Å². The Morgan fingerprint density at radius 1 is 1.33 bits per heavy atom. The molecule has 1 aliphatic heterocycles. The fourth-order valence-electron chi connectivity index (χ4n) is 2.67. The molecule has 1 unspecified atom stereocenters. The van der Waals surface area contributed by atoms with E-state index >= 15 is 0 Å². The summed E-state index contributed by atoms with van der Waals surface area (Å²) in [6, 6.07) is 11.1. The average Bonchev–Trinajstić information content (AvgIpc) is 3.36. The summed E-state index contributed by atoms with van der Waals surface area (Å²) >= 11 is 1.55. The van der Waals surface area contributed by atoms with Crippen LogP contribution in [-0.4, -0.2) is 40.1 Å². The van der Waals surface area contributed by atoms with Crippen LogP contribution in [0.5, 0.6) is 5.88 Å². The molecule has 3 aromatic rings. The van der Waals surface area contributed by atoms with Gasteiger partial charge in [-0.25, -0.2) is 4.98 Å². The lowest BCUT2D eigenvalue weighted by molar-refractivity contribution is 0.0761. The Bertz CT molecular complexity index is 817. The van der Waals surface area contributed by atoms with Crippen LogP contribution in [0.1, 0.15) is 16.9 Å². The van der Waals surface area contributed by atoms with Gasteiger partial charge >= 0.3 is 0 Å². The lowest BCUT2D eigenvalue weighted by Crippen LogP contribution is -2.31. The smallest absolute Gasteiger partial charge is 0.276 e. The largest absolute Gasteiger partial charge is 0.472 e. The number of amides is 1. The van der Waals surface area contributed by atoms with E-state index in [0.717, 1.165) is 11.3 Å². The van der Waals surface area contributed by atoms with Crippen LogP contribution in [0.3, 0.4) is 0 Å². The summed E-state index contributed by atoms with van der Waals surface area (Å²) in [5, 5.41) is 5.87. The summed E-state index contributed by atoms with van der Waals surface area (Å²) in [6.07, 6.45) is 2.42. The SMILES string of the molecule is O=C(c1cc(-c2cccs2)on1)N1CCC(Oc2ccccn2)C1. The van der Waals surface area contributed by atoms with Crippen molar-refractivity contribution in [1.82, 2.24) is 15.0 Å². The Morgan fingerprint density at radius 2 is 2.29 bits per heavy atom. The van der Waals surface area contributed by atoms with Gasteiger partial charge in [0, 0.05) is 31.3 Å². The molecule has 4 heterocycles. The summed E-state index contributed by atoms with van der Waals surface area (Å²) in [5.41, 5.74) is 0.330. The first-order valence-corrected chi connectivity index (χ1v) is 8.55. The molecule has 1 fully saturated rings. The summed E-state index contributed by atoms with van der Waals surface area (Å²) in [5.74, 6) is 1.07. The summed E-state index contributed by atoms with van der Waals surface area (Å²) in [7, 11) is 0. The molecule has 7 heteroatoms. The van der Waals surface area contributed by atoms with Crippen LogP contribution in [0.25, 0.3) is 10.6 Å². The van der Waals surface area contributed by atoms with E-state index in [-0.39, 0.29) is 12.0 Å². The zero-order valence-corrected chi connectivity index (χ0v) is 13.6. The maximum Gasteiger partial charge on any atom is 0.276 e. The summed E-state index contributed by atoms with van der Waals surface area (Å²) in [4.78, 5) is 19.4. The van der Waals surface area contributed by atoms with Gasteiger partial charge in [0.25, 0.3) is 5.91 Å². The summed E-state index contributed by atoms with van der Waals surface area (Å²) in [6.45, 7) is 1.16. The number of rotatable bonds is 4. The van der Waals surface area contributed by atoms with E-state index in [1.54, 1.807) is 28.5 Å². The van der Waals surface area contributed by atoms with Gasteiger partial charge < -0.3 is 14.2 Å². The van der Waals surface area contributed by atoms with Gasteiger partial charge in [-0.05, 0) is 17.5 Å². The predicted octanol–water partition coefficient (Wildman–Crippen LogP) is 3.09. The van der Waals surface area contributed by atoms with E-state index in [1.807, 2.05) is 35.7 Å². The number of hydrogen-bond acceptors (Lipinski definition) is 6. The minimum absolute atomic E-state index is 0.0486. The van der Waals surface area contributed by atoms with E-state index in [0.29, 0.717) is 30.4 Å². The number of likely N-dealkylation sites (tertiary alicyclic amines) is 1. The van der Waals surface area contributed by atoms with Gasteiger partial charge in [0.05, 0.1) is 11.4 Å². The second-order valence-corrected chi connectivity index (χ2v) is 6.45. The predicted molar refractivity (Wildman–Crippen MR) is 89.0 cm³/mol. The number of carbonyl (C=O) groups excluding carboxylic acids is 1. The molecule has 0 N–H and O–H groups in total. The lowest BCUT2D eigenvalue weighted by atomic mass is 10.3. The molecule has 6 nitrogen and oxygen atoms in total. The molecule has 122 valence electrons. The zero-order chi connectivity index (χ0) is 16.4. The van der Waals surface area contributed by atoms with Gasteiger partial charge in [0.1, 0.15) is 6.10 Å². The number of nitrogens with zero attached hydrogens (tertiary/aromatic N) is 3. The van der Waals surface area contributed by atoms with Gasteiger partial charge in [0.15, 0.2) is 11.5 Å². The topological polar surface area (TPSA) is 68.5 Å². The van der Waals surface area contributed by atoms with Crippen molar-refractivity contribution in [2.75, 3.05) is 13.1 Å². The third kappa shape index (κ3) is 3.03. The molecule has 0 bridgehead atoms. The Balaban J connectivity index is 1.41. The van der Waals surface area contributed by atoms with Crippen LogP contribution in [0, 0.1) is 0 Å². The van der Waals surface area contributed by atoms with E-state index < -0.39 is 0 Å². The van der Waals surface area contributed by atoms with Crippen molar-refractivity contribution >= 4 is 17.2 Å². The van der Waals surface area contributed by atoms with Crippen molar-refractivity contribution in [1.29, 1.82) is 0 Å². The van der Waals surface area contributed by atoms with Crippen molar-refractivity contribution in [3.63, 3.8) is 0 Å². The second kappa shape index (κ2) is 6.45. The average molecular weight is 341 g/mol. The Kier molecular flexibility index (Phi) is 4.00. The highest BCUT2D eigenvalue weighted by atomic mass is 32.1. The molecule has 0 aliphatic carbocycles. The third-order valence-corrected chi connectivity index (χ3v) is 4.74. The van der Waals surface area contributed by atoms with Crippen molar-refractivity contribution in [2.24, 2.45) is 0 Å². The highest BCUT2D eigenvalue weighted by Gasteiger charge is 2.30. The summed E-state index contributed by atoms with van der Waals surface area (Å²) < 4.78 is 11.1. The Hall–Kier alpha value is -2.67. The highest BCUT2D eigenvalue weighted by Crippen LogP contribution is 2.26. The number of hydrogen-bond donors (Lipinski definition) is 0. The number of thiophene rings is 1. The van der Waals surface area contributed by atoms with Crippen molar-refractivity contribution < 1.29 is 14.1 Å². The molecule has 1 saturated heterocycles. The lowest BCUT2D eigenvalue weighted by Gasteiger charge is -2.15. The van der Waals surface area contributed by atoms with E-state index in [9.17, 15) is 4.79 Å². The van der Waals surface area contributed by atoms with Crippen LogP contribution in [0.4, 0.5) is 0 Å². The molecule has 0 radical (unpaired) electrons. The van der Waals surface area contributed by atoms with Gasteiger partial charge in [0.2, 0.25) is 5.88 Å². The molecule has 1 atom stereocenters. The first-order chi connectivity index (χ1) is 11.8. The maximum absolute atomic E-state index is 12.6. The van der Waals surface area contributed by atoms with Crippen LogP contribution in [0.15, 0.2) is 52.5 Å². The van der Waals surface area contributed by atoms with Crippen LogP contribution in [-0.2, 0) is 0 Å². The Morgan fingerprint density at radius 3 is 3.08 bits per heavy atom. The second-order valence-electron chi connectivity index (χ2n) is 5.50. The first kappa shape index (κ1) is 14.9. The molecule has 0 spiro atoms. The number of aromatic nitrogens is 2. The molecule has 24 heavy (non-hydrogen) atoms. The Labute approximate surface area is 142 Å². The van der Waals surface area contributed by atoms with Gasteiger partial charge in [-0.1, -0.05) is 17.3 Å². The molecule has 1 aliphatic rings. The third-order valence-electron chi connectivity index (χ3n) is 3.85. The number of carbonyl (C=O) groups is 1. The molecular weight excluding hydrogens is 326 g/mol. The molecule has 0 aromatic carbocycles. The zero-order valence-electron chi connectivity index (χ0n) is 12.8. The van der Waals surface area contributed by atoms with Crippen LogP contribution in [0.2, 0.25) is 0 Å². The van der Waals surface area contributed by atoms with Crippen LogP contribution >= 0.6 is 11.3 Å². The van der Waals surface area contributed by atoms with E-state index in [4.69, 9.17) is 9.26 Å². The fraction of sp³-hybridized carbons (Fsp3) is 0.235. The minimum Gasteiger partial charge on any atom is -0.472 e. The molecule has 3 aromatic heterocycles. The van der Waals surface area contributed by atoms with Gasteiger partial charge in [-0.15, -0.1) is 11.3 Å². The van der Waals surface area contributed by atoms with Crippen molar-refractivity contribution in [3.8, 4) is 16.5 Å². The van der Waals surface area contributed by atoms with Gasteiger partial charge in [-0.3, -0.25) is 4.79 Å². The number of pyridine rings is 1. The molecular formula is C17H15N3O3S. The van der Waals surface area contributed by atoms with Crippen LogP contribution < -0.4 is 4.74 Å². The normalized spacial score (nSPS) is 17.2. The molecule has 1 amide bonds.